The Morgan fingerprint density at radius 2 is 1.43 bits per heavy atom. The maximum Gasteiger partial charge on any atom is 0.330 e. The molecule has 0 aromatic heterocycles. The second-order valence-electron chi connectivity index (χ2n) is 5.69. The molecule has 0 unspecified atom stereocenters. The highest BCUT2D eigenvalue weighted by Crippen LogP contribution is 2.06. The summed E-state index contributed by atoms with van der Waals surface area (Å²) in [6.07, 6.45) is 12.6. The highest BCUT2D eigenvalue weighted by molar-refractivity contribution is 5.81. The van der Waals surface area contributed by atoms with Crippen LogP contribution in [-0.4, -0.2) is 37.1 Å². The molecule has 0 amide bonds. The van der Waals surface area contributed by atoms with E-state index in [1.165, 1.54) is 70.5 Å². The molecule has 21 heavy (non-hydrogen) atoms. The van der Waals surface area contributed by atoms with Crippen molar-refractivity contribution in [1.82, 2.24) is 4.90 Å². The summed E-state index contributed by atoms with van der Waals surface area (Å²) in [5.74, 6) is -0.313. The van der Waals surface area contributed by atoms with E-state index in [1.807, 2.05) is 0 Å². The molecule has 124 valence electrons. The average Bonchev–Trinajstić information content (AvgIpc) is 2.50. The van der Waals surface area contributed by atoms with Gasteiger partial charge in [0.15, 0.2) is 0 Å². The van der Waals surface area contributed by atoms with Crippen LogP contribution in [0, 0.1) is 0 Å². The van der Waals surface area contributed by atoms with Crippen molar-refractivity contribution in [1.29, 1.82) is 0 Å². The van der Waals surface area contributed by atoms with E-state index in [0.29, 0.717) is 6.61 Å². The normalized spacial score (nSPS) is 10.8. The molecular formula is C18H35NO2. The van der Waals surface area contributed by atoms with Gasteiger partial charge in [0.25, 0.3) is 0 Å². The molecule has 0 atom stereocenters. The molecule has 0 heterocycles. The molecule has 0 fully saturated rings. The van der Waals surface area contributed by atoms with Gasteiger partial charge in [-0.3, -0.25) is 0 Å². The van der Waals surface area contributed by atoms with Gasteiger partial charge < -0.3 is 9.64 Å². The molecule has 0 radical (unpaired) electrons. The lowest BCUT2D eigenvalue weighted by Gasteiger charge is -2.22. The Kier molecular flexibility index (Phi) is 14.9. The van der Waals surface area contributed by atoms with Crippen molar-refractivity contribution < 1.29 is 9.53 Å². The van der Waals surface area contributed by atoms with Crippen LogP contribution in [0.25, 0.3) is 0 Å². The van der Waals surface area contributed by atoms with Crippen molar-refractivity contribution >= 4 is 5.97 Å². The zero-order valence-corrected chi connectivity index (χ0v) is 14.2. The maximum absolute atomic E-state index is 11.0. The van der Waals surface area contributed by atoms with Gasteiger partial charge in [0, 0.05) is 12.6 Å². The zero-order valence-electron chi connectivity index (χ0n) is 14.2. The SMILES string of the molecule is C=CC(=O)OCCCN(CCCCCC)CCCCCC. The minimum Gasteiger partial charge on any atom is -0.462 e. The molecule has 0 N–H and O–H groups in total. The first-order chi connectivity index (χ1) is 10.2. The number of unbranched alkanes of at least 4 members (excludes halogenated alkanes) is 6. The third kappa shape index (κ3) is 13.9. The molecule has 3 nitrogen and oxygen atoms in total. The summed E-state index contributed by atoms with van der Waals surface area (Å²) in [5, 5.41) is 0. The molecule has 0 saturated carbocycles. The Hall–Kier alpha value is -0.830. The highest BCUT2D eigenvalue weighted by Gasteiger charge is 2.05. The summed E-state index contributed by atoms with van der Waals surface area (Å²) in [5.41, 5.74) is 0. The number of carbonyl (C=O) groups excluding carboxylic acids is 1. The summed E-state index contributed by atoms with van der Waals surface area (Å²) >= 11 is 0. The van der Waals surface area contributed by atoms with Gasteiger partial charge in [-0.05, 0) is 32.4 Å². The first-order valence-electron chi connectivity index (χ1n) is 8.76. The van der Waals surface area contributed by atoms with E-state index < -0.39 is 0 Å². The summed E-state index contributed by atoms with van der Waals surface area (Å²) in [6.45, 7) is 11.8. The number of hydrogen-bond donors (Lipinski definition) is 0. The van der Waals surface area contributed by atoms with Gasteiger partial charge in [-0.25, -0.2) is 4.79 Å². The Bertz CT molecular complexity index is 242. The lowest BCUT2D eigenvalue weighted by molar-refractivity contribution is -0.137. The van der Waals surface area contributed by atoms with Gasteiger partial charge >= 0.3 is 5.97 Å². The van der Waals surface area contributed by atoms with Crippen LogP contribution in [0.2, 0.25) is 0 Å². The summed E-state index contributed by atoms with van der Waals surface area (Å²) in [4.78, 5) is 13.5. The predicted molar refractivity (Wildman–Crippen MR) is 90.5 cm³/mol. The Morgan fingerprint density at radius 3 is 1.90 bits per heavy atom. The number of ether oxygens (including phenoxy) is 1. The number of esters is 1. The number of rotatable bonds is 15. The van der Waals surface area contributed by atoms with E-state index in [-0.39, 0.29) is 5.97 Å². The van der Waals surface area contributed by atoms with Gasteiger partial charge in [0.2, 0.25) is 0 Å². The second kappa shape index (κ2) is 15.6. The third-order valence-corrected chi connectivity index (χ3v) is 3.69. The van der Waals surface area contributed by atoms with Crippen LogP contribution in [0.5, 0.6) is 0 Å². The monoisotopic (exact) mass is 297 g/mol. The molecule has 0 aliphatic rings. The number of nitrogens with zero attached hydrogens (tertiary/aromatic N) is 1. The topological polar surface area (TPSA) is 29.5 Å². The molecule has 0 saturated heterocycles. The lowest BCUT2D eigenvalue weighted by atomic mass is 10.1. The first-order valence-corrected chi connectivity index (χ1v) is 8.76. The Morgan fingerprint density at radius 1 is 0.905 bits per heavy atom. The fraction of sp³-hybridized carbons (Fsp3) is 0.833. The Balaban J connectivity index is 3.81. The summed E-state index contributed by atoms with van der Waals surface area (Å²) in [7, 11) is 0. The first kappa shape index (κ1) is 20.2. The van der Waals surface area contributed by atoms with Crippen LogP contribution in [0.4, 0.5) is 0 Å². The van der Waals surface area contributed by atoms with Crippen molar-refractivity contribution in [3.8, 4) is 0 Å². The van der Waals surface area contributed by atoms with Crippen LogP contribution in [0.3, 0.4) is 0 Å². The number of carbonyl (C=O) groups is 1. The smallest absolute Gasteiger partial charge is 0.330 e. The average molecular weight is 297 g/mol. The van der Waals surface area contributed by atoms with Gasteiger partial charge in [-0.1, -0.05) is 59.0 Å². The molecule has 0 aromatic rings. The zero-order chi connectivity index (χ0) is 15.8. The fourth-order valence-electron chi connectivity index (χ4n) is 2.38. The summed E-state index contributed by atoms with van der Waals surface area (Å²) < 4.78 is 5.04. The van der Waals surface area contributed by atoms with E-state index >= 15 is 0 Å². The minimum atomic E-state index is -0.313. The van der Waals surface area contributed by atoms with Crippen molar-refractivity contribution in [2.75, 3.05) is 26.2 Å². The predicted octanol–water partition coefficient (Wildman–Crippen LogP) is 4.57. The van der Waals surface area contributed by atoms with Crippen molar-refractivity contribution in [3.05, 3.63) is 12.7 Å². The highest BCUT2D eigenvalue weighted by atomic mass is 16.5. The molecule has 0 aliphatic heterocycles. The van der Waals surface area contributed by atoms with Gasteiger partial charge in [-0.2, -0.15) is 0 Å². The van der Waals surface area contributed by atoms with Crippen LogP contribution < -0.4 is 0 Å². The van der Waals surface area contributed by atoms with Crippen molar-refractivity contribution in [2.24, 2.45) is 0 Å². The van der Waals surface area contributed by atoms with E-state index in [0.717, 1.165) is 13.0 Å². The van der Waals surface area contributed by atoms with Gasteiger partial charge in [0.05, 0.1) is 6.61 Å². The second-order valence-corrected chi connectivity index (χ2v) is 5.69. The van der Waals surface area contributed by atoms with E-state index in [9.17, 15) is 4.79 Å². The van der Waals surface area contributed by atoms with Gasteiger partial charge in [-0.15, -0.1) is 0 Å². The van der Waals surface area contributed by atoms with Crippen LogP contribution in [0.1, 0.15) is 71.6 Å². The maximum atomic E-state index is 11.0. The largest absolute Gasteiger partial charge is 0.462 e. The molecule has 0 aromatic carbocycles. The fourth-order valence-corrected chi connectivity index (χ4v) is 2.38. The molecule has 3 heteroatoms. The third-order valence-electron chi connectivity index (χ3n) is 3.69. The van der Waals surface area contributed by atoms with Gasteiger partial charge in [0.1, 0.15) is 0 Å². The lowest BCUT2D eigenvalue weighted by Crippen LogP contribution is -2.28. The molecule has 0 rings (SSSR count). The van der Waals surface area contributed by atoms with Crippen molar-refractivity contribution in [3.63, 3.8) is 0 Å². The van der Waals surface area contributed by atoms with Crippen LogP contribution >= 0.6 is 0 Å². The molecule has 0 spiro atoms. The summed E-state index contributed by atoms with van der Waals surface area (Å²) in [6, 6.07) is 0. The standard InChI is InChI=1S/C18H35NO2/c1-4-7-9-11-14-19(15-12-10-8-5-2)16-13-17-21-18(20)6-3/h6H,3-5,7-17H2,1-2H3. The molecule has 0 bridgehead atoms. The Labute approximate surface area is 131 Å². The van der Waals surface area contributed by atoms with E-state index in [4.69, 9.17) is 4.74 Å². The van der Waals surface area contributed by atoms with Crippen LogP contribution in [0.15, 0.2) is 12.7 Å². The van der Waals surface area contributed by atoms with E-state index in [1.54, 1.807) is 0 Å². The number of hydrogen-bond acceptors (Lipinski definition) is 3. The van der Waals surface area contributed by atoms with Crippen molar-refractivity contribution in [2.45, 2.75) is 71.6 Å². The van der Waals surface area contributed by atoms with Crippen LogP contribution in [-0.2, 0) is 9.53 Å². The quantitative estimate of drug-likeness (QED) is 0.252. The molecular weight excluding hydrogens is 262 g/mol. The van der Waals surface area contributed by atoms with E-state index in [2.05, 4.69) is 25.3 Å². The molecule has 0 aliphatic carbocycles. The minimum absolute atomic E-state index is 0.313.